The van der Waals surface area contributed by atoms with E-state index in [1.54, 1.807) is 30.3 Å². The number of halogens is 1. The first kappa shape index (κ1) is 15.2. The summed E-state index contributed by atoms with van der Waals surface area (Å²) in [5.41, 5.74) is 1.85. The minimum absolute atomic E-state index is 0.0144. The zero-order chi connectivity index (χ0) is 15.2. The van der Waals surface area contributed by atoms with Crippen LogP contribution in [0.1, 0.15) is 21.5 Å². The Labute approximate surface area is 123 Å². The molecule has 0 aromatic heterocycles. The Bertz CT molecular complexity index is 638. The van der Waals surface area contributed by atoms with Gasteiger partial charge in [-0.1, -0.05) is 29.8 Å². The second kappa shape index (κ2) is 6.99. The summed E-state index contributed by atoms with van der Waals surface area (Å²) in [6.07, 6.45) is 0. The van der Waals surface area contributed by atoms with E-state index in [1.807, 2.05) is 13.0 Å². The zero-order valence-corrected chi connectivity index (χ0v) is 12.1. The lowest BCUT2D eigenvalue weighted by atomic mass is 10.1. The lowest BCUT2D eigenvalue weighted by Gasteiger charge is -2.12. The number of aryl methyl sites for hydroxylation is 1. The number of ether oxygens (including phenoxy) is 2. The molecular formula is C17H17FO3. The minimum atomic E-state index is -0.325. The predicted molar refractivity (Wildman–Crippen MR) is 78.1 cm³/mol. The van der Waals surface area contributed by atoms with Gasteiger partial charge in [0.25, 0.3) is 0 Å². The van der Waals surface area contributed by atoms with Crippen LogP contribution in [0, 0.1) is 12.7 Å². The van der Waals surface area contributed by atoms with Crippen LogP contribution in [-0.2, 0) is 11.3 Å². The smallest absolute Gasteiger partial charge is 0.192 e. The highest BCUT2D eigenvalue weighted by atomic mass is 19.1. The second-order valence-corrected chi connectivity index (χ2v) is 4.74. The van der Waals surface area contributed by atoms with E-state index in [2.05, 4.69) is 0 Å². The van der Waals surface area contributed by atoms with Crippen LogP contribution >= 0.6 is 0 Å². The second-order valence-electron chi connectivity index (χ2n) is 4.74. The van der Waals surface area contributed by atoms with Gasteiger partial charge < -0.3 is 9.47 Å². The average molecular weight is 288 g/mol. The van der Waals surface area contributed by atoms with Gasteiger partial charge >= 0.3 is 0 Å². The quantitative estimate of drug-likeness (QED) is 0.763. The lowest BCUT2D eigenvalue weighted by molar-refractivity contribution is 0.0843. The van der Waals surface area contributed by atoms with Gasteiger partial charge in [0.2, 0.25) is 0 Å². The van der Waals surface area contributed by atoms with Crippen molar-refractivity contribution in [2.24, 2.45) is 0 Å². The molecule has 0 atom stereocenters. The number of hydrogen-bond acceptors (Lipinski definition) is 3. The summed E-state index contributed by atoms with van der Waals surface area (Å²) in [6, 6.07) is 11.7. The molecule has 0 bridgehead atoms. The number of rotatable bonds is 6. The molecule has 0 aliphatic rings. The molecule has 0 aliphatic heterocycles. The van der Waals surface area contributed by atoms with Crippen LogP contribution in [0.2, 0.25) is 0 Å². The molecule has 110 valence electrons. The van der Waals surface area contributed by atoms with Gasteiger partial charge in [0.05, 0.1) is 5.56 Å². The minimum Gasteiger partial charge on any atom is -0.488 e. The van der Waals surface area contributed by atoms with Crippen molar-refractivity contribution in [3.63, 3.8) is 0 Å². The summed E-state index contributed by atoms with van der Waals surface area (Å²) in [5, 5.41) is 0. The molecule has 3 nitrogen and oxygen atoms in total. The van der Waals surface area contributed by atoms with Gasteiger partial charge in [0, 0.05) is 12.7 Å². The topological polar surface area (TPSA) is 35.5 Å². The normalized spacial score (nSPS) is 10.4. The van der Waals surface area contributed by atoms with Crippen LogP contribution in [0.25, 0.3) is 0 Å². The van der Waals surface area contributed by atoms with Crippen LogP contribution in [0.15, 0.2) is 42.5 Å². The summed E-state index contributed by atoms with van der Waals surface area (Å²) in [4.78, 5) is 12.0. The fourth-order valence-electron chi connectivity index (χ4n) is 1.97. The summed E-state index contributed by atoms with van der Waals surface area (Å²) < 4.78 is 24.0. The highest BCUT2D eigenvalue weighted by Gasteiger charge is 2.13. The maximum atomic E-state index is 13.6. The Morgan fingerprint density at radius 2 is 1.95 bits per heavy atom. The van der Waals surface area contributed by atoms with Gasteiger partial charge in [-0.2, -0.15) is 0 Å². The third kappa shape index (κ3) is 3.89. The van der Waals surface area contributed by atoms with Crippen LogP contribution in [0.5, 0.6) is 5.75 Å². The highest BCUT2D eigenvalue weighted by Crippen LogP contribution is 2.22. The highest BCUT2D eigenvalue weighted by molar-refractivity contribution is 5.99. The molecule has 0 amide bonds. The number of hydrogen-bond donors (Lipinski definition) is 0. The third-order valence-electron chi connectivity index (χ3n) is 3.05. The molecule has 0 unspecified atom stereocenters. The predicted octanol–water partition coefficient (Wildman–Crippen LogP) is 3.54. The SMILES string of the molecule is COCC(=O)c1cc(C)ccc1OCc1ccccc1F. The molecule has 4 heteroatoms. The molecular weight excluding hydrogens is 271 g/mol. The first-order chi connectivity index (χ1) is 10.1. The van der Waals surface area contributed by atoms with E-state index in [0.29, 0.717) is 16.9 Å². The molecule has 2 aromatic carbocycles. The van der Waals surface area contributed by atoms with Crippen LogP contribution in [0.4, 0.5) is 4.39 Å². The Hall–Kier alpha value is -2.20. The van der Waals surface area contributed by atoms with E-state index in [-0.39, 0.29) is 24.8 Å². The largest absolute Gasteiger partial charge is 0.488 e. The van der Waals surface area contributed by atoms with Gasteiger partial charge in [-0.3, -0.25) is 4.79 Å². The van der Waals surface area contributed by atoms with E-state index in [9.17, 15) is 9.18 Å². The first-order valence-corrected chi connectivity index (χ1v) is 6.61. The Kier molecular flexibility index (Phi) is 5.06. The van der Waals surface area contributed by atoms with Crippen molar-refractivity contribution >= 4 is 5.78 Å². The number of benzene rings is 2. The molecule has 0 aliphatic carbocycles. The standard InChI is InChI=1S/C17H17FO3/c1-12-7-8-17(14(9-12)16(19)11-20-2)21-10-13-5-3-4-6-15(13)18/h3-9H,10-11H2,1-2H3. The van der Waals surface area contributed by atoms with E-state index in [4.69, 9.17) is 9.47 Å². The zero-order valence-electron chi connectivity index (χ0n) is 12.1. The average Bonchev–Trinajstić information content (AvgIpc) is 2.47. The van der Waals surface area contributed by atoms with Crippen molar-refractivity contribution in [3.05, 3.63) is 65.0 Å². The molecule has 0 saturated heterocycles. The van der Waals surface area contributed by atoms with Crippen molar-refractivity contribution in [1.82, 2.24) is 0 Å². The van der Waals surface area contributed by atoms with Crippen molar-refractivity contribution in [2.45, 2.75) is 13.5 Å². The van der Waals surface area contributed by atoms with E-state index >= 15 is 0 Å². The van der Waals surface area contributed by atoms with Gasteiger partial charge in [-0.25, -0.2) is 4.39 Å². The molecule has 0 heterocycles. The van der Waals surface area contributed by atoms with Gasteiger partial charge in [0.15, 0.2) is 5.78 Å². The van der Waals surface area contributed by atoms with Crippen molar-refractivity contribution in [2.75, 3.05) is 13.7 Å². The van der Waals surface area contributed by atoms with Crippen LogP contribution in [0.3, 0.4) is 0 Å². The fraction of sp³-hybridized carbons (Fsp3) is 0.235. The summed E-state index contributed by atoms with van der Waals surface area (Å²) in [6.45, 7) is 1.95. The van der Waals surface area contributed by atoms with Gasteiger partial charge in [-0.15, -0.1) is 0 Å². The number of Topliss-reactive ketones (excluding diaryl/α,β-unsaturated/α-hetero) is 1. The van der Waals surface area contributed by atoms with E-state index in [1.165, 1.54) is 13.2 Å². The van der Waals surface area contributed by atoms with Crippen LogP contribution in [-0.4, -0.2) is 19.5 Å². The molecule has 0 saturated carbocycles. The third-order valence-corrected chi connectivity index (χ3v) is 3.05. The Morgan fingerprint density at radius 1 is 1.19 bits per heavy atom. The molecule has 0 spiro atoms. The summed E-state index contributed by atoms with van der Waals surface area (Å²) in [7, 11) is 1.47. The molecule has 2 rings (SSSR count). The van der Waals surface area contributed by atoms with E-state index < -0.39 is 0 Å². The summed E-state index contributed by atoms with van der Waals surface area (Å²) in [5.74, 6) is -0.0509. The number of methoxy groups -OCH3 is 1. The Morgan fingerprint density at radius 3 is 2.67 bits per heavy atom. The van der Waals surface area contributed by atoms with Crippen molar-refractivity contribution < 1.29 is 18.7 Å². The molecule has 0 N–H and O–H groups in total. The maximum Gasteiger partial charge on any atom is 0.192 e. The van der Waals surface area contributed by atoms with E-state index in [0.717, 1.165) is 5.56 Å². The molecule has 0 fully saturated rings. The first-order valence-electron chi connectivity index (χ1n) is 6.61. The number of carbonyl (C=O) groups excluding carboxylic acids is 1. The molecule has 2 aromatic rings. The summed E-state index contributed by atoms with van der Waals surface area (Å²) >= 11 is 0. The number of carbonyl (C=O) groups is 1. The fourth-order valence-corrected chi connectivity index (χ4v) is 1.97. The number of ketones is 1. The maximum absolute atomic E-state index is 13.6. The lowest BCUT2D eigenvalue weighted by Crippen LogP contribution is -2.10. The molecule has 0 radical (unpaired) electrons. The Balaban J connectivity index is 2.20. The van der Waals surface area contributed by atoms with Crippen LogP contribution < -0.4 is 4.74 Å². The van der Waals surface area contributed by atoms with Gasteiger partial charge in [0.1, 0.15) is 24.8 Å². The molecule has 21 heavy (non-hydrogen) atoms. The van der Waals surface area contributed by atoms with Gasteiger partial charge in [-0.05, 0) is 25.1 Å². The monoisotopic (exact) mass is 288 g/mol. The van der Waals surface area contributed by atoms with Crippen molar-refractivity contribution in [1.29, 1.82) is 0 Å². The van der Waals surface area contributed by atoms with Crippen molar-refractivity contribution in [3.8, 4) is 5.75 Å².